The molecule has 0 bridgehead atoms. The lowest BCUT2D eigenvalue weighted by Gasteiger charge is -2.29. The molecule has 0 aliphatic carbocycles. The van der Waals surface area contributed by atoms with Gasteiger partial charge in [-0.1, -0.05) is 26.8 Å². The second-order valence-corrected chi connectivity index (χ2v) is 6.70. The second kappa shape index (κ2) is 7.15. The summed E-state index contributed by atoms with van der Waals surface area (Å²) < 4.78 is 27.9. The average molecular weight is 313 g/mol. The molecule has 1 aromatic carbocycles. The largest absolute Gasteiger partial charge is 0.353 e. The Morgan fingerprint density at radius 1 is 1.27 bits per heavy atom. The lowest BCUT2D eigenvalue weighted by Crippen LogP contribution is -2.50. The van der Waals surface area contributed by atoms with E-state index in [1.165, 1.54) is 18.2 Å². The highest BCUT2D eigenvalue weighted by Crippen LogP contribution is 2.24. The van der Waals surface area contributed by atoms with Gasteiger partial charge >= 0.3 is 0 Å². The van der Waals surface area contributed by atoms with Crippen LogP contribution in [0.25, 0.3) is 0 Å². The van der Waals surface area contributed by atoms with E-state index >= 15 is 0 Å². The van der Waals surface area contributed by atoms with Crippen LogP contribution in [0.15, 0.2) is 18.2 Å². The molecule has 0 saturated heterocycles. The average Bonchev–Trinajstić information content (AvgIpc) is 2.39. The van der Waals surface area contributed by atoms with Crippen molar-refractivity contribution < 1.29 is 13.6 Å². The number of halogens is 2. The van der Waals surface area contributed by atoms with Gasteiger partial charge in [0.15, 0.2) is 0 Å². The normalized spacial score (nSPS) is 14.8. The third-order valence-electron chi connectivity index (χ3n) is 3.64. The second-order valence-electron chi connectivity index (χ2n) is 6.70. The van der Waals surface area contributed by atoms with Crippen LogP contribution in [0.2, 0.25) is 0 Å². The number of nitrogens with two attached hydrogens (primary N) is 1. The van der Waals surface area contributed by atoms with Gasteiger partial charge in [-0.15, -0.1) is 0 Å². The standard InChI is InChI=1S/C16H25F2N3O/c1-16(2,3)14(19)15(22)20-9-12(21(4)5)13-10(17)7-6-8-11(13)18/h6-8,12,14H,9,19H2,1-5H3,(H,20,22)/t12?,14-/m1/s1. The molecule has 124 valence electrons. The van der Waals surface area contributed by atoms with Crippen LogP contribution in [0, 0.1) is 17.0 Å². The van der Waals surface area contributed by atoms with Crippen molar-refractivity contribution in [2.24, 2.45) is 11.1 Å². The van der Waals surface area contributed by atoms with E-state index in [2.05, 4.69) is 5.32 Å². The Morgan fingerprint density at radius 3 is 2.18 bits per heavy atom. The first kappa shape index (κ1) is 18.5. The van der Waals surface area contributed by atoms with Crippen LogP contribution in [-0.2, 0) is 4.79 Å². The third kappa shape index (κ3) is 4.48. The summed E-state index contributed by atoms with van der Waals surface area (Å²) >= 11 is 0. The molecular weight excluding hydrogens is 288 g/mol. The molecule has 3 N–H and O–H groups in total. The van der Waals surface area contributed by atoms with Gasteiger partial charge < -0.3 is 16.0 Å². The first-order valence-electron chi connectivity index (χ1n) is 7.19. The van der Waals surface area contributed by atoms with Crippen LogP contribution in [0.3, 0.4) is 0 Å². The fraction of sp³-hybridized carbons (Fsp3) is 0.562. The van der Waals surface area contributed by atoms with Gasteiger partial charge in [0.25, 0.3) is 0 Å². The molecule has 2 atom stereocenters. The van der Waals surface area contributed by atoms with Crippen molar-refractivity contribution in [3.05, 3.63) is 35.4 Å². The molecule has 0 fully saturated rings. The molecule has 22 heavy (non-hydrogen) atoms. The maximum absolute atomic E-state index is 13.9. The highest BCUT2D eigenvalue weighted by molar-refractivity contribution is 5.82. The third-order valence-corrected chi connectivity index (χ3v) is 3.64. The first-order valence-corrected chi connectivity index (χ1v) is 7.19. The number of nitrogens with one attached hydrogen (secondary N) is 1. The van der Waals surface area contributed by atoms with E-state index in [1.807, 2.05) is 20.8 Å². The van der Waals surface area contributed by atoms with E-state index in [4.69, 9.17) is 5.73 Å². The topological polar surface area (TPSA) is 58.4 Å². The van der Waals surface area contributed by atoms with E-state index in [-0.39, 0.29) is 23.4 Å². The molecule has 1 rings (SSSR count). The maximum atomic E-state index is 13.9. The molecule has 6 heteroatoms. The van der Waals surface area contributed by atoms with Gasteiger partial charge in [-0.25, -0.2) is 8.78 Å². The number of likely N-dealkylation sites (N-methyl/N-ethyl adjacent to an activating group) is 1. The minimum absolute atomic E-state index is 0.0582. The highest BCUT2D eigenvalue weighted by atomic mass is 19.1. The Labute approximate surface area is 130 Å². The van der Waals surface area contributed by atoms with Gasteiger partial charge in [0, 0.05) is 12.1 Å². The molecule has 0 saturated carbocycles. The van der Waals surface area contributed by atoms with Crippen LogP contribution >= 0.6 is 0 Å². The molecule has 0 aliphatic rings. The zero-order valence-electron chi connectivity index (χ0n) is 13.8. The number of hydrogen-bond acceptors (Lipinski definition) is 3. The van der Waals surface area contributed by atoms with Gasteiger partial charge in [0.2, 0.25) is 5.91 Å². The molecule has 0 aromatic heterocycles. The maximum Gasteiger partial charge on any atom is 0.237 e. The number of benzene rings is 1. The predicted octanol–water partition coefficient (Wildman–Crippen LogP) is 2.06. The van der Waals surface area contributed by atoms with Gasteiger partial charge in [0.05, 0.1) is 12.1 Å². The van der Waals surface area contributed by atoms with Crippen molar-refractivity contribution in [1.29, 1.82) is 0 Å². The van der Waals surface area contributed by atoms with Gasteiger partial charge in [-0.2, -0.15) is 0 Å². The molecule has 1 unspecified atom stereocenters. The fourth-order valence-corrected chi connectivity index (χ4v) is 2.07. The van der Waals surface area contributed by atoms with E-state index < -0.39 is 23.7 Å². The quantitative estimate of drug-likeness (QED) is 0.875. The van der Waals surface area contributed by atoms with Crippen LogP contribution in [0.1, 0.15) is 32.4 Å². The smallest absolute Gasteiger partial charge is 0.237 e. The first-order chi connectivity index (χ1) is 10.1. The summed E-state index contributed by atoms with van der Waals surface area (Å²) in [5.74, 6) is -1.60. The number of hydrogen-bond donors (Lipinski definition) is 2. The van der Waals surface area contributed by atoms with Crippen molar-refractivity contribution in [3.8, 4) is 0 Å². The zero-order chi connectivity index (χ0) is 17.1. The van der Waals surface area contributed by atoms with Gasteiger partial charge in [-0.05, 0) is 31.6 Å². The van der Waals surface area contributed by atoms with Crippen molar-refractivity contribution in [1.82, 2.24) is 10.2 Å². The molecule has 0 aliphatic heterocycles. The monoisotopic (exact) mass is 313 g/mol. The SMILES string of the molecule is CN(C)C(CNC(=O)[C@@H](N)C(C)(C)C)c1c(F)cccc1F. The Kier molecular flexibility index (Phi) is 6.02. The minimum Gasteiger partial charge on any atom is -0.353 e. The van der Waals surface area contributed by atoms with Crippen LogP contribution in [0.4, 0.5) is 8.78 Å². The molecule has 1 aromatic rings. The fourth-order valence-electron chi connectivity index (χ4n) is 2.07. The van der Waals surface area contributed by atoms with Gasteiger partial charge in [0.1, 0.15) is 11.6 Å². The van der Waals surface area contributed by atoms with E-state index in [0.29, 0.717) is 0 Å². The Morgan fingerprint density at radius 2 is 1.77 bits per heavy atom. The van der Waals surface area contributed by atoms with Crippen molar-refractivity contribution in [2.45, 2.75) is 32.9 Å². The lowest BCUT2D eigenvalue weighted by atomic mass is 9.87. The van der Waals surface area contributed by atoms with E-state index in [9.17, 15) is 13.6 Å². The number of amides is 1. The molecule has 0 spiro atoms. The molecular formula is C16H25F2N3O. The number of nitrogens with zero attached hydrogens (tertiary/aromatic N) is 1. The zero-order valence-corrected chi connectivity index (χ0v) is 13.8. The summed E-state index contributed by atoms with van der Waals surface area (Å²) in [6.07, 6.45) is 0. The van der Waals surface area contributed by atoms with Crippen LogP contribution < -0.4 is 11.1 Å². The highest BCUT2D eigenvalue weighted by Gasteiger charge is 2.29. The molecule has 1 amide bonds. The van der Waals surface area contributed by atoms with E-state index in [1.54, 1.807) is 19.0 Å². The van der Waals surface area contributed by atoms with E-state index in [0.717, 1.165) is 0 Å². The predicted molar refractivity (Wildman–Crippen MR) is 83.2 cm³/mol. The Hall–Kier alpha value is -1.53. The number of rotatable bonds is 5. The van der Waals surface area contributed by atoms with Crippen LogP contribution in [-0.4, -0.2) is 37.5 Å². The van der Waals surface area contributed by atoms with Crippen molar-refractivity contribution in [2.75, 3.05) is 20.6 Å². The van der Waals surface area contributed by atoms with Crippen molar-refractivity contribution in [3.63, 3.8) is 0 Å². The summed E-state index contributed by atoms with van der Waals surface area (Å²) in [4.78, 5) is 13.7. The Bertz CT molecular complexity index is 506. The molecule has 0 heterocycles. The summed E-state index contributed by atoms with van der Waals surface area (Å²) in [6, 6.07) is 2.42. The molecule has 4 nitrogen and oxygen atoms in total. The molecule has 0 radical (unpaired) electrons. The number of carbonyl (C=O) groups is 1. The number of carbonyl (C=O) groups excluding carboxylic acids is 1. The minimum atomic E-state index is -0.694. The lowest BCUT2D eigenvalue weighted by molar-refractivity contribution is -0.124. The van der Waals surface area contributed by atoms with Crippen molar-refractivity contribution >= 4 is 5.91 Å². The summed E-state index contributed by atoms with van der Waals surface area (Å²) in [6.45, 7) is 5.65. The summed E-state index contributed by atoms with van der Waals surface area (Å²) in [7, 11) is 3.40. The van der Waals surface area contributed by atoms with Crippen LogP contribution in [0.5, 0.6) is 0 Å². The summed E-state index contributed by atoms with van der Waals surface area (Å²) in [5.41, 5.74) is 5.44. The Balaban J connectivity index is 2.90. The van der Waals surface area contributed by atoms with Gasteiger partial charge in [-0.3, -0.25) is 4.79 Å². The summed E-state index contributed by atoms with van der Waals surface area (Å²) in [5, 5.41) is 2.68.